The minimum atomic E-state index is -0.0450. The molecule has 1 N–H and O–H groups in total. The van der Waals surface area contributed by atoms with Crippen LogP contribution in [0.4, 0.5) is 5.95 Å². The molecule has 0 radical (unpaired) electrons. The van der Waals surface area contributed by atoms with Gasteiger partial charge in [-0.1, -0.05) is 18.2 Å². The molecule has 0 aliphatic rings. The van der Waals surface area contributed by atoms with Gasteiger partial charge in [0.1, 0.15) is 5.52 Å². The fourth-order valence-corrected chi connectivity index (χ4v) is 3.57. The minimum absolute atomic E-state index is 0.0450. The zero-order chi connectivity index (χ0) is 20.5. The summed E-state index contributed by atoms with van der Waals surface area (Å²) in [4.78, 5) is 13.4. The van der Waals surface area contributed by atoms with Gasteiger partial charge in [0, 0.05) is 29.5 Å². The Morgan fingerprint density at radius 3 is 2.73 bits per heavy atom. The lowest BCUT2D eigenvalue weighted by atomic mass is 10.0. The average Bonchev–Trinajstić information content (AvgIpc) is 3.23. The number of ether oxygens (including phenoxy) is 1. The predicted octanol–water partition coefficient (Wildman–Crippen LogP) is 4.52. The molecule has 1 aromatic carbocycles. The third kappa shape index (κ3) is 3.20. The molecule has 0 amide bonds. The molecule has 0 saturated carbocycles. The van der Waals surface area contributed by atoms with E-state index >= 15 is 0 Å². The summed E-state index contributed by atoms with van der Waals surface area (Å²) in [5.41, 5.74) is 4.75. The van der Waals surface area contributed by atoms with Crippen LogP contribution in [0.1, 0.15) is 18.7 Å². The van der Waals surface area contributed by atoms with Gasteiger partial charge in [-0.15, -0.1) is 5.10 Å². The van der Waals surface area contributed by atoms with Gasteiger partial charge >= 0.3 is 0 Å². The van der Waals surface area contributed by atoms with Gasteiger partial charge in [0.05, 0.1) is 24.4 Å². The van der Waals surface area contributed by atoms with Crippen LogP contribution in [0.3, 0.4) is 0 Å². The van der Waals surface area contributed by atoms with Crippen LogP contribution in [0.25, 0.3) is 27.5 Å². The normalized spacial score (nSPS) is 12.2. The Labute approximate surface area is 173 Å². The lowest BCUT2D eigenvalue weighted by Crippen LogP contribution is -2.13. The molecule has 4 aromatic heterocycles. The molecule has 1 atom stereocenters. The number of pyridine rings is 2. The predicted molar refractivity (Wildman–Crippen MR) is 117 cm³/mol. The molecule has 148 valence electrons. The zero-order valence-electron chi connectivity index (χ0n) is 16.6. The molecule has 5 rings (SSSR count). The highest BCUT2D eigenvalue weighted by atomic mass is 16.5. The second kappa shape index (κ2) is 7.44. The van der Waals surface area contributed by atoms with E-state index < -0.39 is 0 Å². The Morgan fingerprint density at radius 1 is 1.00 bits per heavy atom. The lowest BCUT2D eigenvalue weighted by molar-refractivity contribution is 0.399. The largest absolute Gasteiger partial charge is 0.479 e. The fourth-order valence-electron chi connectivity index (χ4n) is 3.57. The molecular formula is C23H20N6O. The van der Waals surface area contributed by atoms with Crippen molar-refractivity contribution in [3.63, 3.8) is 0 Å². The average molecular weight is 396 g/mol. The quantitative estimate of drug-likeness (QED) is 0.471. The molecule has 0 spiro atoms. The first-order valence-corrected chi connectivity index (χ1v) is 9.69. The maximum Gasteiger partial charge on any atom is 0.244 e. The summed E-state index contributed by atoms with van der Waals surface area (Å²) in [6.45, 7) is 2.02. The van der Waals surface area contributed by atoms with Crippen molar-refractivity contribution in [2.75, 3.05) is 12.4 Å². The van der Waals surface area contributed by atoms with Crippen molar-refractivity contribution in [3.8, 4) is 17.0 Å². The highest BCUT2D eigenvalue weighted by Gasteiger charge is 2.16. The summed E-state index contributed by atoms with van der Waals surface area (Å²) in [5.74, 6) is 0.981. The molecule has 0 fully saturated rings. The van der Waals surface area contributed by atoms with Crippen LogP contribution >= 0.6 is 0 Å². The van der Waals surface area contributed by atoms with Gasteiger partial charge in [0.2, 0.25) is 11.8 Å². The van der Waals surface area contributed by atoms with Crippen LogP contribution in [0, 0.1) is 0 Å². The molecule has 30 heavy (non-hydrogen) atoms. The molecular weight excluding hydrogens is 376 g/mol. The topological polar surface area (TPSA) is 77.2 Å². The standard InChI is InChI=1S/C23H20N6O/c1-15(19-7-3-4-11-24-19)26-23-27-22(30-2)21-18(10-13-29(21)28-23)16-8-9-20-17(14-16)6-5-12-25-20/h3-15H,1-2H3,(H,26,28)/t15-/m1/s1. The highest BCUT2D eigenvalue weighted by molar-refractivity contribution is 5.90. The monoisotopic (exact) mass is 396 g/mol. The van der Waals surface area contributed by atoms with Crippen LogP contribution < -0.4 is 10.1 Å². The molecule has 4 heterocycles. The summed E-state index contributed by atoms with van der Waals surface area (Å²) in [6.07, 6.45) is 5.49. The van der Waals surface area contributed by atoms with Crippen molar-refractivity contribution in [1.29, 1.82) is 0 Å². The van der Waals surface area contributed by atoms with Crippen LogP contribution in [0.5, 0.6) is 5.88 Å². The smallest absolute Gasteiger partial charge is 0.244 e. The maximum absolute atomic E-state index is 5.62. The summed E-state index contributed by atoms with van der Waals surface area (Å²) in [6, 6.07) is 18.0. The van der Waals surface area contributed by atoms with E-state index in [4.69, 9.17) is 4.74 Å². The number of nitrogens with zero attached hydrogens (tertiary/aromatic N) is 5. The maximum atomic E-state index is 5.62. The van der Waals surface area contributed by atoms with Crippen LogP contribution in [0.2, 0.25) is 0 Å². The minimum Gasteiger partial charge on any atom is -0.479 e. The Morgan fingerprint density at radius 2 is 1.90 bits per heavy atom. The van der Waals surface area contributed by atoms with Gasteiger partial charge in [-0.2, -0.15) is 4.98 Å². The summed E-state index contributed by atoms with van der Waals surface area (Å²) < 4.78 is 7.42. The third-order valence-corrected chi connectivity index (χ3v) is 5.06. The van der Waals surface area contributed by atoms with Crippen molar-refractivity contribution in [3.05, 3.63) is 78.9 Å². The summed E-state index contributed by atoms with van der Waals surface area (Å²) in [5, 5.41) is 9.02. The van der Waals surface area contributed by atoms with Crippen molar-refractivity contribution in [1.82, 2.24) is 24.6 Å². The second-order valence-corrected chi connectivity index (χ2v) is 7.00. The third-order valence-electron chi connectivity index (χ3n) is 5.06. The van der Waals surface area contributed by atoms with Gasteiger partial charge in [0.15, 0.2) is 0 Å². The van der Waals surface area contributed by atoms with E-state index in [1.807, 2.05) is 49.5 Å². The first kappa shape index (κ1) is 18.1. The molecule has 7 heteroatoms. The SMILES string of the molecule is COc1nc(N[C@H](C)c2ccccn2)nn2ccc(-c3ccc4ncccc4c3)c12. The Hall–Kier alpha value is -4.00. The summed E-state index contributed by atoms with van der Waals surface area (Å²) in [7, 11) is 1.62. The van der Waals surface area contributed by atoms with Crippen molar-refractivity contribution in [2.45, 2.75) is 13.0 Å². The number of benzene rings is 1. The number of hydrogen-bond donors (Lipinski definition) is 1. The molecule has 0 aliphatic heterocycles. The number of methoxy groups -OCH3 is 1. The number of aromatic nitrogens is 5. The number of anilines is 1. The van der Waals surface area contributed by atoms with Crippen molar-refractivity contribution in [2.24, 2.45) is 0 Å². The second-order valence-electron chi connectivity index (χ2n) is 7.00. The number of nitrogens with one attached hydrogen (secondary N) is 1. The van der Waals surface area contributed by atoms with Gasteiger partial charge in [-0.3, -0.25) is 9.97 Å². The molecule has 0 bridgehead atoms. The van der Waals surface area contributed by atoms with E-state index in [9.17, 15) is 0 Å². The van der Waals surface area contributed by atoms with Gasteiger partial charge in [0.25, 0.3) is 0 Å². The lowest BCUT2D eigenvalue weighted by Gasteiger charge is -2.14. The van der Waals surface area contributed by atoms with Gasteiger partial charge in [-0.25, -0.2) is 4.52 Å². The molecule has 7 nitrogen and oxygen atoms in total. The van der Waals surface area contributed by atoms with Gasteiger partial charge in [-0.05, 0) is 48.9 Å². The first-order chi connectivity index (χ1) is 14.7. The van der Waals surface area contributed by atoms with E-state index in [0.29, 0.717) is 11.8 Å². The molecule has 0 aliphatic carbocycles. The van der Waals surface area contributed by atoms with Crippen LogP contribution in [-0.4, -0.2) is 31.7 Å². The Bertz CT molecular complexity index is 1330. The highest BCUT2D eigenvalue weighted by Crippen LogP contribution is 2.33. The van der Waals surface area contributed by atoms with Gasteiger partial charge < -0.3 is 10.1 Å². The number of fused-ring (bicyclic) bond motifs is 2. The molecule has 0 unspecified atom stereocenters. The van der Waals surface area contributed by atoms with E-state index in [-0.39, 0.29) is 6.04 Å². The first-order valence-electron chi connectivity index (χ1n) is 9.69. The zero-order valence-corrected chi connectivity index (χ0v) is 16.6. The summed E-state index contributed by atoms with van der Waals surface area (Å²) >= 11 is 0. The van der Waals surface area contributed by atoms with E-state index in [1.165, 1.54) is 0 Å². The molecule has 0 saturated heterocycles. The Balaban J connectivity index is 1.55. The fraction of sp³-hybridized carbons (Fsp3) is 0.130. The van der Waals surface area contributed by atoms with Crippen molar-refractivity contribution >= 4 is 22.4 Å². The number of rotatable bonds is 5. The molecule has 5 aromatic rings. The van der Waals surface area contributed by atoms with E-state index in [1.54, 1.807) is 24.0 Å². The van der Waals surface area contributed by atoms with E-state index in [2.05, 4.69) is 43.6 Å². The van der Waals surface area contributed by atoms with E-state index in [0.717, 1.165) is 33.2 Å². The van der Waals surface area contributed by atoms with Crippen LogP contribution in [0.15, 0.2) is 73.2 Å². The Kier molecular flexibility index (Phi) is 4.48. The van der Waals surface area contributed by atoms with Crippen LogP contribution in [-0.2, 0) is 0 Å². The number of hydrogen-bond acceptors (Lipinski definition) is 6. The van der Waals surface area contributed by atoms with Crippen molar-refractivity contribution < 1.29 is 4.74 Å².